The molecule has 1 aromatic heterocycles. The molecule has 0 N–H and O–H groups in total. The number of hydrogen-bond donors (Lipinski definition) is 0. The van der Waals surface area contributed by atoms with Gasteiger partial charge in [0.05, 0.1) is 11.3 Å². The number of aromatic nitrogens is 1. The summed E-state index contributed by atoms with van der Waals surface area (Å²) >= 11 is 0. The van der Waals surface area contributed by atoms with Crippen molar-refractivity contribution in [3.63, 3.8) is 0 Å². The molecule has 0 aliphatic carbocycles. The first-order valence-corrected chi connectivity index (χ1v) is 10.6. The third kappa shape index (κ3) is 4.73. The molecule has 0 saturated carbocycles. The van der Waals surface area contributed by atoms with Crippen molar-refractivity contribution in [2.45, 2.75) is 12.5 Å². The molecule has 1 saturated heterocycles. The van der Waals surface area contributed by atoms with Gasteiger partial charge in [-0.3, -0.25) is 4.79 Å². The summed E-state index contributed by atoms with van der Waals surface area (Å²) in [5.41, 5.74) is 1.46. The normalized spacial score (nSPS) is 15.8. The first-order chi connectivity index (χ1) is 15.4. The zero-order valence-corrected chi connectivity index (χ0v) is 18.5. The van der Waals surface area contributed by atoms with Crippen molar-refractivity contribution in [3.8, 4) is 11.6 Å². The molecule has 1 fully saturated rings. The maximum atomic E-state index is 14.9. The van der Waals surface area contributed by atoms with Gasteiger partial charge in [-0.2, -0.15) is 0 Å². The monoisotopic (exact) mass is 434 g/mol. The van der Waals surface area contributed by atoms with Crippen LogP contribution in [0.1, 0.15) is 16.8 Å². The molecule has 0 spiro atoms. The Bertz CT molecular complexity index is 1070. The highest BCUT2D eigenvalue weighted by Crippen LogP contribution is 2.29. The fourth-order valence-corrected chi connectivity index (χ4v) is 3.83. The fourth-order valence-electron chi connectivity index (χ4n) is 3.83. The molecule has 166 valence electrons. The average Bonchev–Trinajstić information content (AvgIpc) is 3.30. The van der Waals surface area contributed by atoms with Gasteiger partial charge in [0, 0.05) is 44.1 Å². The first kappa shape index (κ1) is 21.8. The Morgan fingerprint density at radius 1 is 1.09 bits per heavy atom. The summed E-state index contributed by atoms with van der Waals surface area (Å²) < 4.78 is 20.6. The fraction of sp³-hybridized carbons (Fsp3) is 0.280. The van der Waals surface area contributed by atoms with E-state index in [1.54, 1.807) is 31.3 Å². The van der Waals surface area contributed by atoms with E-state index >= 15 is 0 Å². The Labute approximate surface area is 187 Å². The topological polar surface area (TPSA) is 48.9 Å². The van der Waals surface area contributed by atoms with Gasteiger partial charge in [-0.25, -0.2) is 9.37 Å². The van der Waals surface area contributed by atoms with Crippen LogP contribution in [0.4, 0.5) is 15.8 Å². The second-order valence-electron chi connectivity index (χ2n) is 8.15. The molecule has 2 heterocycles. The van der Waals surface area contributed by atoms with Gasteiger partial charge in [0.25, 0.3) is 5.91 Å². The highest BCUT2D eigenvalue weighted by atomic mass is 19.1. The molecule has 4 rings (SSSR count). The molecule has 32 heavy (non-hydrogen) atoms. The third-order valence-corrected chi connectivity index (χ3v) is 5.81. The van der Waals surface area contributed by atoms with Crippen LogP contribution in [0.2, 0.25) is 0 Å². The highest BCUT2D eigenvalue weighted by molar-refractivity contribution is 6.05. The van der Waals surface area contributed by atoms with Crippen molar-refractivity contribution in [2.75, 3.05) is 44.0 Å². The van der Waals surface area contributed by atoms with Crippen LogP contribution in [0.5, 0.6) is 11.6 Å². The lowest BCUT2D eigenvalue weighted by Gasteiger charge is -2.23. The van der Waals surface area contributed by atoms with Crippen LogP contribution in [0.3, 0.4) is 0 Å². The van der Waals surface area contributed by atoms with E-state index in [4.69, 9.17) is 4.74 Å². The summed E-state index contributed by atoms with van der Waals surface area (Å²) in [6.07, 6.45) is 2.47. The molecule has 2 aromatic carbocycles. The Balaban J connectivity index is 1.44. The number of ether oxygens (including phenoxy) is 1. The van der Waals surface area contributed by atoms with Gasteiger partial charge in [-0.1, -0.05) is 18.2 Å². The molecular formula is C25H27FN4O2. The van der Waals surface area contributed by atoms with Gasteiger partial charge >= 0.3 is 0 Å². The number of benzene rings is 2. The molecule has 6 nitrogen and oxygen atoms in total. The van der Waals surface area contributed by atoms with Crippen LogP contribution in [0, 0.1) is 5.82 Å². The third-order valence-electron chi connectivity index (χ3n) is 5.81. The van der Waals surface area contributed by atoms with E-state index in [-0.39, 0.29) is 11.7 Å². The molecule has 1 atom stereocenters. The van der Waals surface area contributed by atoms with Crippen LogP contribution in [-0.2, 0) is 0 Å². The average molecular weight is 435 g/mol. The van der Waals surface area contributed by atoms with Crippen LogP contribution < -0.4 is 14.5 Å². The van der Waals surface area contributed by atoms with Crippen molar-refractivity contribution in [3.05, 3.63) is 78.2 Å². The van der Waals surface area contributed by atoms with Gasteiger partial charge in [-0.05, 0) is 56.9 Å². The number of nitrogens with zero attached hydrogens (tertiary/aromatic N) is 4. The van der Waals surface area contributed by atoms with Crippen molar-refractivity contribution in [1.29, 1.82) is 0 Å². The minimum Gasteiger partial charge on any atom is -0.439 e. The van der Waals surface area contributed by atoms with Crippen LogP contribution in [0.25, 0.3) is 0 Å². The lowest BCUT2D eigenvalue weighted by atomic mass is 10.2. The SMILES string of the molecule is CN(C(=O)c1ccc(Oc2ccccc2)nc1)c1ccc(N2CCC(N(C)C)C2)c(F)c1. The van der Waals surface area contributed by atoms with E-state index in [1.807, 2.05) is 44.4 Å². The molecule has 3 aromatic rings. The summed E-state index contributed by atoms with van der Waals surface area (Å²) in [6.45, 7) is 1.61. The number of likely N-dealkylation sites (N-methyl/N-ethyl adjacent to an activating group) is 1. The molecular weight excluding hydrogens is 407 g/mol. The lowest BCUT2D eigenvalue weighted by molar-refractivity contribution is 0.0992. The Morgan fingerprint density at radius 2 is 1.88 bits per heavy atom. The summed E-state index contributed by atoms with van der Waals surface area (Å²) in [7, 11) is 5.72. The number of amides is 1. The maximum Gasteiger partial charge on any atom is 0.259 e. The van der Waals surface area contributed by atoms with E-state index in [0.717, 1.165) is 19.5 Å². The van der Waals surface area contributed by atoms with E-state index in [0.29, 0.717) is 34.6 Å². The van der Waals surface area contributed by atoms with Crippen molar-refractivity contribution < 1.29 is 13.9 Å². The van der Waals surface area contributed by atoms with E-state index < -0.39 is 0 Å². The minimum absolute atomic E-state index is 0.273. The second kappa shape index (κ2) is 9.36. The number of carbonyl (C=O) groups is 1. The largest absolute Gasteiger partial charge is 0.439 e. The molecule has 1 amide bonds. The molecule has 1 aliphatic heterocycles. The highest BCUT2D eigenvalue weighted by Gasteiger charge is 2.26. The molecule has 1 aliphatic rings. The van der Waals surface area contributed by atoms with Crippen LogP contribution in [0.15, 0.2) is 66.9 Å². The smallest absolute Gasteiger partial charge is 0.259 e. The number of pyridine rings is 1. The van der Waals surface area contributed by atoms with Crippen molar-refractivity contribution in [2.24, 2.45) is 0 Å². The predicted octanol–water partition coefficient (Wildman–Crippen LogP) is 4.43. The number of anilines is 2. The van der Waals surface area contributed by atoms with Gasteiger partial charge in [0.2, 0.25) is 5.88 Å². The second-order valence-corrected chi connectivity index (χ2v) is 8.15. The van der Waals surface area contributed by atoms with E-state index in [2.05, 4.69) is 14.8 Å². The molecule has 0 bridgehead atoms. The first-order valence-electron chi connectivity index (χ1n) is 10.6. The standard InChI is InChI=1S/C25H27FN4O2/c1-28(2)20-13-14-30(17-20)23-11-10-19(15-22(23)26)29(3)25(31)18-9-12-24(27-16-18)32-21-7-5-4-6-8-21/h4-12,15-16,20H,13-14,17H2,1-3H3. The molecule has 7 heteroatoms. The zero-order valence-electron chi connectivity index (χ0n) is 18.5. The summed E-state index contributed by atoms with van der Waals surface area (Å²) in [4.78, 5) is 22.8. The molecule has 1 unspecified atom stereocenters. The van der Waals surface area contributed by atoms with Crippen LogP contribution in [-0.4, -0.2) is 56.1 Å². The summed E-state index contributed by atoms with van der Waals surface area (Å²) in [6, 6.07) is 18.0. The van der Waals surface area contributed by atoms with Gasteiger partial charge in [0.15, 0.2) is 0 Å². The number of hydrogen-bond acceptors (Lipinski definition) is 5. The Kier molecular flexibility index (Phi) is 6.37. The van der Waals surface area contributed by atoms with Gasteiger partial charge in [0.1, 0.15) is 11.6 Å². The quantitative estimate of drug-likeness (QED) is 0.575. The Morgan fingerprint density at radius 3 is 2.50 bits per heavy atom. The maximum absolute atomic E-state index is 14.9. The number of para-hydroxylation sites is 1. The van der Waals surface area contributed by atoms with E-state index in [1.165, 1.54) is 17.2 Å². The number of rotatable bonds is 6. The summed E-state index contributed by atoms with van der Waals surface area (Å²) in [5.74, 6) is 0.463. The Hall–Kier alpha value is -3.45. The van der Waals surface area contributed by atoms with Gasteiger partial charge < -0.3 is 19.4 Å². The summed E-state index contributed by atoms with van der Waals surface area (Å²) in [5, 5.41) is 0. The zero-order chi connectivity index (χ0) is 22.7. The van der Waals surface area contributed by atoms with Crippen LogP contribution >= 0.6 is 0 Å². The minimum atomic E-state index is -0.328. The van der Waals surface area contributed by atoms with Gasteiger partial charge in [-0.15, -0.1) is 0 Å². The number of carbonyl (C=O) groups excluding carboxylic acids is 1. The molecule has 0 radical (unpaired) electrons. The van der Waals surface area contributed by atoms with E-state index in [9.17, 15) is 9.18 Å². The lowest BCUT2D eigenvalue weighted by Crippen LogP contribution is -2.31. The van der Waals surface area contributed by atoms with Crippen molar-refractivity contribution >= 4 is 17.3 Å². The van der Waals surface area contributed by atoms with Crippen molar-refractivity contribution in [1.82, 2.24) is 9.88 Å². The number of halogens is 1. The predicted molar refractivity (Wildman–Crippen MR) is 124 cm³/mol.